The van der Waals surface area contributed by atoms with Crippen LogP contribution in [0.5, 0.6) is 0 Å². The molecular formula is C20H22N3OS2+. The first-order valence-electron chi connectivity index (χ1n) is 8.88. The van der Waals surface area contributed by atoms with E-state index >= 15 is 0 Å². The first kappa shape index (κ1) is 17.4. The maximum absolute atomic E-state index is 12.7. The van der Waals surface area contributed by atoms with E-state index in [4.69, 9.17) is 0 Å². The molecule has 0 spiro atoms. The van der Waals surface area contributed by atoms with E-state index in [1.165, 1.54) is 21.8 Å². The number of likely N-dealkylation sites (tertiary alicyclic amines) is 1. The van der Waals surface area contributed by atoms with Crippen LogP contribution < -0.4 is 10.2 Å². The van der Waals surface area contributed by atoms with Gasteiger partial charge in [-0.15, -0.1) is 22.7 Å². The van der Waals surface area contributed by atoms with Crippen molar-refractivity contribution in [3.05, 3.63) is 64.0 Å². The predicted octanol–water partition coefficient (Wildman–Crippen LogP) is 2.77. The lowest BCUT2D eigenvalue weighted by atomic mass is 10.2. The van der Waals surface area contributed by atoms with E-state index in [-0.39, 0.29) is 11.9 Å². The Balaban J connectivity index is 1.37. The number of quaternary nitrogens is 1. The minimum Gasteiger partial charge on any atom is -0.343 e. The van der Waals surface area contributed by atoms with Crippen molar-refractivity contribution in [2.24, 2.45) is 0 Å². The number of hydrogen-bond donors (Lipinski definition) is 2. The van der Waals surface area contributed by atoms with Crippen LogP contribution in [0.3, 0.4) is 0 Å². The molecular weight excluding hydrogens is 362 g/mol. The SMILES string of the molecule is Cc1nc(-c2cccs2)sc1C(=O)N[C@@H]1CC[NH+](Cc2ccccc2)C1. The van der Waals surface area contributed by atoms with Gasteiger partial charge in [0.15, 0.2) is 0 Å². The van der Waals surface area contributed by atoms with Gasteiger partial charge in [-0.1, -0.05) is 36.4 Å². The van der Waals surface area contributed by atoms with Gasteiger partial charge in [-0.2, -0.15) is 0 Å². The van der Waals surface area contributed by atoms with Crippen LogP contribution in [0.25, 0.3) is 9.88 Å². The van der Waals surface area contributed by atoms with E-state index in [0.29, 0.717) is 0 Å². The van der Waals surface area contributed by atoms with E-state index in [1.54, 1.807) is 11.3 Å². The molecule has 0 saturated carbocycles. The fourth-order valence-corrected chi connectivity index (χ4v) is 5.23. The van der Waals surface area contributed by atoms with Gasteiger partial charge in [-0.05, 0) is 18.4 Å². The third-order valence-electron chi connectivity index (χ3n) is 4.75. The fourth-order valence-electron chi connectivity index (χ4n) is 3.46. The van der Waals surface area contributed by atoms with Crippen LogP contribution in [0.1, 0.15) is 27.3 Å². The molecule has 1 saturated heterocycles. The summed E-state index contributed by atoms with van der Waals surface area (Å²) in [6.45, 7) is 5.03. The van der Waals surface area contributed by atoms with Crippen LogP contribution in [-0.2, 0) is 6.54 Å². The van der Waals surface area contributed by atoms with Gasteiger partial charge in [-0.3, -0.25) is 4.79 Å². The topological polar surface area (TPSA) is 46.4 Å². The summed E-state index contributed by atoms with van der Waals surface area (Å²) < 4.78 is 0. The van der Waals surface area contributed by atoms with Crippen molar-refractivity contribution in [3.8, 4) is 9.88 Å². The molecule has 3 aromatic rings. The standard InChI is InChI=1S/C20H21N3OS2/c1-14-18(26-20(21-14)17-8-5-11-25-17)19(24)22-16-9-10-23(13-16)12-15-6-3-2-4-7-15/h2-8,11,16H,9-10,12-13H2,1H3,(H,22,24)/p+1/t16-/m1/s1. The summed E-state index contributed by atoms with van der Waals surface area (Å²) >= 11 is 3.15. The molecule has 2 N–H and O–H groups in total. The molecule has 0 bridgehead atoms. The molecule has 4 nitrogen and oxygen atoms in total. The lowest BCUT2D eigenvalue weighted by Gasteiger charge is -2.14. The van der Waals surface area contributed by atoms with E-state index < -0.39 is 0 Å². The van der Waals surface area contributed by atoms with Gasteiger partial charge in [0.1, 0.15) is 16.4 Å². The molecule has 0 radical (unpaired) electrons. The van der Waals surface area contributed by atoms with Gasteiger partial charge in [-0.25, -0.2) is 4.98 Å². The molecule has 0 aliphatic carbocycles. The number of nitrogens with zero attached hydrogens (tertiary/aromatic N) is 1. The van der Waals surface area contributed by atoms with E-state index in [2.05, 4.69) is 34.6 Å². The van der Waals surface area contributed by atoms with E-state index in [9.17, 15) is 4.79 Å². The molecule has 26 heavy (non-hydrogen) atoms. The minimum absolute atomic E-state index is 0.0220. The number of carbonyl (C=O) groups is 1. The van der Waals surface area contributed by atoms with Crippen molar-refractivity contribution >= 4 is 28.6 Å². The van der Waals surface area contributed by atoms with Gasteiger partial charge in [0.25, 0.3) is 5.91 Å². The highest BCUT2D eigenvalue weighted by Crippen LogP contribution is 2.31. The zero-order valence-corrected chi connectivity index (χ0v) is 16.3. The number of carbonyl (C=O) groups excluding carboxylic acids is 1. The average Bonchev–Trinajstić information content (AvgIpc) is 3.37. The minimum atomic E-state index is 0.0220. The zero-order valence-electron chi connectivity index (χ0n) is 14.7. The summed E-state index contributed by atoms with van der Waals surface area (Å²) in [7, 11) is 0. The lowest BCUT2D eigenvalue weighted by molar-refractivity contribution is -0.901. The maximum atomic E-state index is 12.7. The summed E-state index contributed by atoms with van der Waals surface area (Å²) in [6.07, 6.45) is 1.03. The number of rotatable bonds is 5. The van der Waals surface area contributed by atoms with Crippen LogP contribution >= 0.6 is 22.7 Å². The van der Waals surface area contributed by atoms with Crippen molar-refractivity contribution in [2.45, 2.75) is 25.9 Å². The zero-order chi connectivity index (χ0) is 17.9. The quantitative estimate of drug-likeness (QED) is 0.711. The summed E-state index contributed by atoms with van der Waals surface area (Å²) in [5.74, 6) is 0.0220. The molecule has 3 heterocycles. The maximum Gasteiger partial charge on any atom is 0.263 e. The number of nitrogens with one attached hydrogen (secondary N) is 2. The number of amides is 1. The summed E-state index contributed by atoms with van der Waals surface area (Å²) in [4.78, 5) is 20.7. The molecule has 2 aromatic heterocycles. The molecule has 1 fully saturated rings. The largest absolute Gasteiger partial charge is 0.343 e. The van der Waals surface area contributed by atoms with Crippen LogP contribution in [-0.4, -0.2) is 30.0 Å². The Morgan fingerprint density at radius 2 is 2.12 bits per heavy atom. The highest BCUT2D eigenvalue weighted by atomic mass is 32.1. The van der Waals surface area contributed by atoms with Crippen molar-refractivity contribution in [3.63, 3.8) is 0 Å². The third-order valence-corrected chi connectivity index (χ3v) is 6.94. The summed E-state index contributed by atoms with van der Waals surface area (Å²) in [5.41, 5.74) is 2.18. The molecule has 6 heteroatoms. The van der Waals surface area contributed by atoms with Crippen LogP contribution in [0.15, 0.2) is 47.8 Å². The molecule has 1 aromatic carbocycles. The Labute approximate surface area is 161 Å². The second-order valence-electron chi connectivity index (χ2n) is 6.74. The normalized spacial score (nSPS) is 19.6. The number of aryl methyl sites for hydroxylation is 1. The number of hydrogen-bond acceptors (Lipinski definition) is 4. The Hall–Kier alpha value is -2.02. The van der Waals surface area contributed by atoms with E-state index in [1.807, 2.05) is 30.5 Å². The van der Waals surface area contributed by atoms with Gasteiger partial charge < -0.3 is 10.2 Å². The van der Waals surface area contributed by atoms with Gasteiger partial charge in [0.2, 0.25) is 0 Å². The monoisotopic (exact) mass is 384 g/mol. The van der Waals surface area contributed by atoms with Crippen LogP contribution in [0, 0.1) is 6.92 Å². The predicted molar refractivity (Wildman–Crippen MR) is 107 cm³/mol. The van der Waals surface area contributed by atoms with Crippen LogP contribution in [0.4, 0.5) is 0 Å². The number of benzene rings is 1. The molecule has 134 valence electrons. The lowest BCUT2D eigenvalue weighted by Crippen LogP contribution is -3.09. The van der Waals surface area contributed by atoms with Gasteiger partial charge >= 0.3 is 0 Å². The first-order valence-corrected chi connectivity index (χ1v) is 10.6. The van der Waals surface area contributed by atoms with Crippen LogP contribution in [0.2, 0.25) is 0 Å². The third kappa shape index (κ3) is 3.87. The summed E-state index contributed by atoms with van der Waals surface area (Å²) in [6, 6.07) is 14.9. The molecule has 2 atom stereocenters. The molecule has 1 unspecified atom stereocenters. The summed E-state index contributed by atoms with van der Waals surface area (Å²) in [5, 5.41) is 6.20. The Morgan fingerprint density at radius 1 is 1.27 bits per heavy atom. The average molecular weight is 385 g/mol. The van der Waals surface area contributed by atoms with Crippen molar-refractivity contribution in [1.29, 1.82) is 0 Å². The highest BCUT2D eigenvalue weighted by molar-refractivity contribution is 7.22. The van der Waals surface area contributed by atoms with Crippen molar-refractivity contribution in [1.82, 2.24) is 10.3 Å². The second-order valence-corrected chi connectivity index (χ2v) is 8.68. The first-order chi connectivity index (χ1) is 12.7. The fraction of sp³-hybridized carbons (Fsp3) is 0.300. The second kappa shape index (κ2) is 7.70. The Bertz CT molecular complexity index is 874. The highest BCUT2D eigenvalue weighted by Gasteiger charge is 2.28. The number of thiazole rings is 1. The van der Waals surface area contributed by atoms with Gasteiger partial charge in [0, 0.05) is 12.0 Å². The number of thiophene rings is 1. The van der Waals surface area contributed by atoms with Crippen molar-refractivity contribution in [2.75, 3.05) is 13.1 Å². The number of aromatic nitrogens is 1. The smallest absolute Gasteiger partial charge is 0.263 e. The Kier molecular flexibility index (Phi) is 5.15. The van der Waals surface area contributed by atoms with Gasteiger partial charge in [0.05, 0.1) is 29.7 Å². The van der Waals surface area contributed by atoms with Crippen molar-refractivity contribution < 1.29 is 9.69 Å². The Morgan fingerprint density at radius 3 is 2.88 bits per heavy atom. The van der Waals surface area contributed by atoms with E-state index in [0.717, 1.165) is 46.5 Å². The molecule has 1 aliphatic heterocycles. The molecule has 4 rings (SSSR count). The molecule has 1 amide bonds. The molecule has 1 aliphatic rings.